The van der Waals surface area contributed by atoms with E-state index in [-0.39, 0.29) is 35.3 Å². The first kappa shape index (κ1) is 20.5. The van der Waals surface area contributed by atoms with E-state index < -0.39 is 0 Å². The van der Waals surface area contributed by atoms with E-state index in [0.717, 1.165) is 17.0 Å². The molecule has 1 aromatic carbocycles. The molecule has 2 heterocycles. The van der Waals surface area contributed by atoms with E-state index in [1.807, 2.05) is 56.1 Å². The Balaban J connectivity index is 1.69. The number of para-hydroxylation sites is 1. The lowest BCUT2D eigenvalue weighted by Gasteiger charge is -2.21. The maximum atomic E-state index is 12.6. The molecule has 2 amide bonds. The number of nitrogens with one attached hydrogen (secondary N) is 3. The zero-order valence-corrected chi connectivity index (χ0v) is 17.2. The fourth-order valence-electron chi connectivity index (χ4n) is 3.24. The minimum absolute atomic E-state index is 0.000564. The van der Waals surface area contributed by atoms with E-state index in [2.05, 4.69) is 28.0 Å². The summed E-state index contributed by atoms with van der Waals surface area (Å²) >= 11 is 0. The molecule has 152 valence electrons. The lowest BCUT2D eigenvalue weighted by atomic mass is 10.1. The minimum atomic E-state index is -0.310. The normalized spacial score (nSPS) is 16.3. The van der Waals surface area contributed by atoms with E-state index in [1.165, 1.54) is 0 Å². The second-order valence-electron chi connectivity index (χ2n) is 7.35. The Morgan fingerprint density at radius 2 is 1.72 bits per heavy atom. The first-order valence-electron chi connectivity index (χ1n) is 9.74. The number of benzene rings is 1. The molecule has 0 fully saturated rings. The van der Waals surface area contributed by atoms with Crippen LogP contribution in [0.2, 0.25) is 0 Å². The topological polar surface area (TPSA) is 86.4 Å². The Bertz CT molecular complexity index is 924. The number of anilines is 1. The Morgan fingerprint density at radius 3 is 2.38 bits per heavy atom. The van der Waals surface area contributed by atoms with Crippen molar-refractivity contribution in [3.05, 3.63) is 71.2 Å². The summed E-state index contributed by atoms with van der Waals surface area (Å²) in [5.74, 6) is -0.602. The summed E-state index contributed by atoms with van der Waals surface area (Å²) in [6.07, 6.45) is 0. The largest absolute Gasteiger partial charge is 0.349 e. The molecule has 0 radical (unpaired) electrons. The summed E-state index contributed by atoms with van der Waals surface area (Å²) in [6.45, 7) is 8.23. The predicted octanol–water partition coefficient (Wildman–Crippen LogP) is 2.64. The minimum Gasteiger partial charge on any atom is -0.349 e. The number of carbonyl (C=O) groups is 2. The number of aromatic nitrogens is 1. The third-order valence-corrected chi connectivity index (χ3v) is 4.73. The molecule has 3 rings (SSSR count). The fraction of sp³-hybridized carbons (Fsp3) is 0.318. The molecule has 1 atom stereocenters. The van der Waals surface area contributed by atoms with Crippen LogP contribution in [-0.4, -0.2) is 35.4 Å². The molecular formula is C22H27N5O2. The number of hydrazine groups is 1. The number of hydrogen-bond acceptors (Lipinski definition) is 5. The van der Waals surface area contributed by atoms with Crippen LogP contribution in [0.3, 0.4) is 0 Å². The van der Waals surface area contributed by atoms with Gasteiger partial charge in [0.05, 0.1) is 5.69 Å². The Hall–Kier alpha value is -3.19. The van der Waals surface area contributed by atoms with Gasteiger partial charge in [-0.3, -0.25) is 14.6 Å². The number of nitrogens with zero attached hydrogens (tertiary/aromatic N) is 2. The highest BCUT2D eigenvalue weighted by molar-refractivity contribution is 5.96. The van der Waals surface area contributed by atoms with Crippen LogP contribution >= 0.6 is 0 Å². The third kappa shape index (κ3) is 4.81. The molecule has 0 saturated heterocycles. The third-order valence-electron chi connectivity index (χ3n) is 4.73. The van der Waals surface area contributed by atoms with Gasteiger partial charge in [0.2, 0.25) is 0 Å². The summed E-state index contributed by atoms with van der Waals surface area (Å²) in [5.41, 5.74) is 7.06. The van der Waals surface area contributed by atoms with E-state index in [4.69, 9.17) is 0 Å². The average Bonchev–Trinajstić information content (AvgIpc) is 3.00. The molecule has 0 aliphatic carbocycles. The van der Waals surface area contributed by atoms with E-state index in [0.29, 0.717) is 6.54 Å². The molecule has 0 saturated carbocycles. The van der Waals surface area contributed by atoms with Gasteiger partial charge < -0.3 is 10.6 Å². The molecule has 29 heavy (non-hydrogen) atoms. The Morgan fingerprint density at radius 1 is 1.07 bits per heavy atom. The van der Waals surface area contributed by atoms with Crippen molar-refractivity contribution in [3.63, 3.8) is 0 Å². The standard InChI is InChI=1S/C22H27N5O2/c1-14(2)24-22(29)20-12-8-11-19(25-20)21(28)23-13-18-15(3)26-27(16(18)4)17-9-6-5-7-10-17/h5-12,14-15,26H,13H2,1-4H3,(H,23,28)(H,24,29). The number of amides is 2. The van der Waals surface area contributed by atoms with Crippen LogP contribution in [0.25, 0.3) is 0 Å². The van der Waals surface area contributed by atoms with Crippen molar-refractivity contribution in [2.45, 2.75) is 39.8 Å². The number of carbonyl (C=O) groups excluding carboxylic acids is 2. The number of pyridine rings is 1. The van der Waals surface area contributed by atoms with Gasteiger partial charge in [-0.1, -0.05) is 24.3 Å². The van der Waals surface area contributed by atoms with Gasteiger partial charge in [-0.25, -0.2) is 10.4 Å². The van der Waals surface area contributed by atoms with Crippen molar-refractivity contribution < 1.29 is 9.59 Å². The zero-order chi connectivity index (χ0) is 21.0. The summed E-state index contributed by atoms with van der Waals surface area (Å²) < 4.78 is 0. The van der Waals surface area contributed by atoms with Gasteiger partial charge in [0.15, 0.2) is 0 Å². The average molecular weight is 393 g/mol. The van der Waals surface area contributed by atoms with Crippen LogP contribution in [0.1, 0.15) is 48.7 Å². The lowest BCUT2D eigenvalue weighted by molar-refractivity contribution is 0.0937. The monoisotopic (exact) mass is 393 g/mol. The fourth-order valence-corrected chi connectivity index (χ4v) is 3.24. The number of hydrogen-bond donors (Lipinski definition) is 3. The molecular weight excluding hydrogens is 366 g/mol. The van der Waals surface area contributed by atoms with Gasteiger partial charge in [0.1, 0.15) is 11.4 Å². The van der Waals surface area contributed by atoms with Crippen molar-refractivity contribution in [3.8, 4) is 0 Å². The summed E-state index contributed by atoms with van der Waals surface area (Å²) in [5, 5.41) is 7.73. The molecule has 3 N–H and O–H groups in total. The maximum absolute atomic E-state index is 12.6. The number of allylic oxidation sites excluding steroid dienone is 1. The van der Waals surface area contributed by atoms with Gasteiger partial charge in [-0.15, -0.1) is 0 Å². The molecule has 7 heteroatoms. The van der Waals surface area contributed by atoms with Crippen LogP contribution < -0.4 is 21.1 Å². The van der Waals surface area contributed by atoms with Crippen molar-refractivity contribution in [1.82, 2.24) is 21.0 Å². The second-order valence-corrected chi connectivity index (χ2v) is 7.35. The summed E-state index contributed by atoms with van der Waals surface area (Å²) in [7, 11) is 0. The maximum Gasteiger partial charge on any atom is 0.270 e. The van der Waals surface area contributed by atoms with Crippen LogP contribution in [0, 0.1) is 0 Å². The molecule has 1 aliphatic heterocycles. The number of rotatable bonds is 6. The molecule has 0 spiro atoms. The van der Waals surface area contributed by atoms with Gasteiger partial charge in [-0.2, -0.15) is 0 Å². The van der Waals surface area contributed by atoms with Gasteiger partial charge >= 0.3 is 0 Å². The van der Waals surface area contributed by atoms with Crippen molar-refractivity contribution in [2.24, 2.45) is 0 Å². The van der Waals surface area contributed by atoms with Crippen molar-refractivity contribution in [1.29, 1.82) is 0 Å². The van der Waals surface area contributed by atoms with Crippen LogP contribution in [0.4, 0.5) is 5.69 Å². The first-order chi connectivity index (χ1) is 13.9. The van der Waals surface area contributed by atoms with Crippen LogP contribution in [0.15, 0.2) is 59.8 Å². The molecule has 7 nitrogen and oxygen atoms in total. The highest BCUT2D eigenvalue weighted by Crippen LogP contribution is 2.25. The summed E-state index contributed by atoms with van der Waals surface area (Å²) in [6, 6.07) is 15.0. The van der Waals surface area contributed by atoms with E-state index in [9.17, 15) is 9.59 Å². The highest BCUT2D eigenvalue weighted by Gasteiger charge is 2.26. The van der Waals surface area contributed by atoms with E-state index in [1.54, 1.807) is 18.2 Å². The van der Waals surface area contributed by atoms with E-state index >= 15 is 0 Å². The molecule has 1 aromatic heterocycles. The smallest absolute Gasteiger partial charge is 0.270 e. The SMILES string of the molecule is CC1=C(CNC(=O)c2cccc(C(=O)NC(C)C)n2)C(C)NN1c1ccccc1. The van der Waals surface area contributed by atoms with Gasteiger partial charge in [0, 0.05) is 24.3 Å². The highest BCUT2D eigenvalue weighted by atomic mass is 16.2. The predicted molar refractivity (Wildman–Crippen MR) is 113 cm³/mol. The van der Waals surface area contributed by atoms with Crippen LogP contribution in [0.5, 0.6) is 0 Å². The Labute approximate surface area is 171 Å². The zero-order valence-electron chi connectivity index (χ0n) is 17.2. The van der Waals surface area contributed by atoms with Crippen molar-refractivity contribution in [2.75, 3.05) is 11.6 Å². The second kappa shape index (κ2) is 8.87. The quantitative estimate of drug-likeness (QED) is 0.702. The molecule has 1 unspecified atom stereocenters. The molecule has 0 bridgehead atoms. The Kier molecular flexibility index (Phi) is 6.29. The lowest BCUT2D eigenvalue weighted by Crippen LogP contribution is -2.36. The first-order valence-corrected chi connectivity index (χ1v) is 9.74. The molecule has 1 aliphatic rings. The molecule has 2 aromatic rings. The van der Waals surface area contributed by atoms with Gasteiger partial charge in [-0.05, 0) is 57.5 Å². The van der Waals surface area contributed by atoms with Crippen molar-refractivity contribution >= 4 is 17.5 Å². The summed E-state index contributed by atoms with van der Waals surface area (Å²) in [4.78, 5) is 28.9. The van der Waals surface area contributed by atoms with Crippen LogP contribution in [-0.2, 0) is 0 Å². The van der Waals surface area contributed by atoms with Gasteiger partial charge in [0.25, 0.3) is 11.8 Å².